The van der Waals surface area contributed by atoms with Gasteiger partial charge in [0.25, 0.3) is 0 Å². The van der Waals surface area contributed by atoms with Crippen molar-refractivity contribution in [1.29, 1.82) is 0 Å². The summed E-state index contributed by atoms with van der Waals surface area (Å²) in [4.78, 5) is 12.2. The monoisotopic (exact) mass is 347 g/mol. The number of rotatable bonds is 4. The fraction of sp³-hybridized carbons (Fsp3) is 0.444. The minimum Gasteiger partial charge on any atom is -0.435 e. The minimum absolute atomic E-state index is 0.0857. The molecule has 0 saturated heterocycles. The summed E-state index contributed by atoms with van der Waals surface area (Å²) in [6.07, 6.45) is 6.52. The Morgan fingerprint density at radius 3 is 2.84 bits per heavy atom. The third kappa shape index (κ3) is 3.10. The first-order valence-electron chi connectivity index (χ1n) is 8.54. The van der Waals surface area contributed by atoms with E-state index >= 15 is 0 Å². The zero-order valence-electron chi connectivity index (χ0n) is 13.6. The second kappa shape index (κ2) is 6.46. The number of hydrogen-bond donors (Lipinski definition) is 1. The van der Waals surface area contributed by atoms with Crippen molar-refractivity contribution in [2.24, 2.45) is 0 Å². The summed E-state index contributed by atoms with van der Waals surface area (Å²) in [5, 5.41) is 7.45. The Kier molecular flexibility index (Phi) is 4.15. The average molecular weight is 347 g/mol. The molecule has 1 aliphatic heterocycles. The average Bonchev–Trinajstić information content (AvgIpc) is 3.22. The number of anilines is 1. The summed E-state index contributed by atoms with van der Waals surface area (Å²) >= 11 is 0. The number of hydrogen-bond acceptors (Lipinski definition) is 3. The van der Waals surface area contributed by atoms with Crippen molar-refractivity contribution in [3.8, 4) is 5.75 Å². The van der Waals surface area contributed by atoms with Crippen LogP contribution < -0.4 is 10.1 Å². The summed E-state index contributed by atoms with van der Waals surface area (Å²) in [6.45, 7) is -2.87. The summed E-state index contributed by atoms with van der Waals surface area (Å²) < 4.78 is 31.4. The largest absolute Gasteiger partial charge is 0.435 e. The maximum Gasteiger partial charge on any atom is 0.387 e. The van der Waals surface area contributed by atoms with Crippen molar-refractivity contribution >= 4 is 11.7 Å². The topological polar surface area (TPSA) is 56.1 Å². The van der Waals surface area contributed by atoms with E-state index in [1.54, 1.807) is 18.3 Å². The van der Waals surface area contributed by atoms with Crippen molar-refractivity contribution in [1.82, 2.24) is 9.78 Å². The Hall–Kier alpha value is -2.44. The molecular formula is C18H19F2N3O2. The fourth-order valence-corrected chi connectivity index (χ4v) is 3.87. The van der Waals surface area contributed by atoms with Crippen LogP contribution in [-0.2, 0) is 4.79 Å². The normalized spacial score (nSPS) is 20.6. The summed E-state index contributed by atoms with van der Waals surface area (Å²) in [6, 6.07) is 6.88. The van der Waals surface area contributed by atoms with Crippen molar-refractivity contribution in [3.05, 3.63) is 41.6 Å². The standard InChI is InChI=1S/C18H19F2N3O2/c19-18(20)25-13-7-3-4-11(8-13)14-9-16(24)22-17-15(14)10-21-23(17)12-5-1-2-6-12/h3-4,7-8,10,12,14,18H,1-2,5-6,9H2,(H,22,24)/t14-/m0/s1. The van der Waals surface area contributed by atoms with Gasteiger partial charge < -0.3 is 10.1 Å². The highest BCUT2D eigenvalue weighted by Crippen LogP contribution is 2.41. The number of fused-ring (bicyclic) bond motifs is 1. The first kappa shape index (κ1) is 16.1. The van der Waals surface area contributed by atoms with Gasteiger partial charge in [0.05, 0.1) is 12.2 Å². The van der Waals surface area contributed by atoms with Crippen molar-refractivity contribution in [2.75, 3.05) is 5.32 Å². The number of benzene rings is 1. The highest BCUT2D eigenvalue weighted by molar-refractivity contribution is 5.94. The lowest BCUT2D eigenvalue weighted by atomic mass is 9.87. The molecule has 1 amide bonds. The molecule has 25 heavy (non-hydrogen) atoms. The van der Waals surface area contributed by atoms with Crippen LogP contribution in [0.2, 0.25) is 0 Å². The van der Waals surface area contributed by atoms with Gasteiger partial charge in [-0.1, -0.05) is 25.0 Å². The quantitative estimate of drug-likeness (QED) is 0.907. The Morgan fingerprint density at radius 1 is 1.28 bits per heavy atom. The molecule has 2 aliphatic rings. The van der Waals surface area contributed by atoms with Gasteiger partial charge in [0.1, 0.15) is 11.6 Å². The van der Waals surface area contributed by atoms with E-state index in [2.05, 4.69) is 15.2 Å². The number of nitrogens with zero attached hydrogens (tertiary/aromatic N) is 2. The Morgan fingerprint density at radius 2 is 2.08 bits per heavy atom. The number of ether oxygens (including phenoxy) is 1. The van der Waals surface area contributed by atoms with Crippen molar-refractivity contribution < 1.29 is 18.3 Å². The van der Waals surface area contributed by atoms with Gasteiger partial charge in [-0.05, 0) is 30.5 Å². The molecule has 1 aromatic carbocycles. The lowest BCUT2D eigenvalue weighted by Crippen LogP contribution is -2.25. The van der Waals surface area contributed by atoms with Crippen LogP contribution in [0.1, 0.15) is 55.2 Å². The van der Waals surface area contributed by atoms with Crippen LogP contribution in [0.4, 0.5) is 14.6 Å². The van der Waals surface area contributed by atoms with E-state index < -0.39 is 6.61 Å². The van der Waals surface area contributed by atoms with Crippen LogP contribution in [0.25, 0.3) is 0 Å². The van der Waals surface area contributed by atoms with Gasteiger partial charge in [0.2, 0.25) is 5.91 Å². The van der Waals surface area contributed by atoms with Crippen molar-refractivity contribution in [2.45, 2.75) is 50.7 Å². The molecule has 1 fully saturated rings. The predicted molar refractivity (Wildman–Crippen MR) is 87.9 cm³/mol. The maximum absolute atomic E-state index is 12.5. The second-order valence-electron chi connectivity index (χ2n) is 6.59. The zero-order chi connectivity index (χ0) is 17.4. The zero-order valence-corrected chi connectivity index (χ0v) is 13.6. The van der Waals surface area contributed by atoms with E-state index in [-0.39, 0.29) is 24.0 Å². The Labute approximate surface area is 144 Å². The molecule has 1 aliphatic carbocycles. The SMILES string of the molecule is O=C1C[C@@H](c2cccc(OC(F)F)c2)c2cnn(C3CCCC3)c2N1. The van der Waals surface area contributed by atoms with Gasteiger partial charge in [-0.3, -0.25) is 4.79 Å². The summed E-state index contributed by atoms with van der Waals surface area (Å²) in [5.41, 5.74) is 1.71. The first-order chi connectivity index (χ1) is 12.1. The van der Waals surface area contributed by atoms with E-state index in [1.807, 2.05) is 10.7 Å². The number of aromatic nitrogens is 2. The molecule has 1 atom stereocenters. The fourth-order valence-electron chi connectivity index (χ4n) is 3.87. The van der Waals surface area contributed by atoms with Crippen LogP contribution >= 0.6 is 0 Å². The van der Waals surface area contributed by atoms with E-state index in [4.69, 9.17) is 0 Å². The number of alkyl halides is 2. The minimum atomic E-state index is -2.87. The summed E-state index contributed by atoms with van der Waals surface area (Å²) in [7, 11) is 0. The molecule has 1 saturated carbocycles. The number of nitrogens with one attached hydrogen (secondary N) is 1. The maximum atomic E-state index is 12.5. The van der Waals surface area contributed by atoms with Crippen LogP contribution in [0, 0.1) is 0 Å². The molecule has 2 heterocycles. The van der Waals surface area contributed by atoms with E-state index in [0.29, 0.717) is 6.04 Å². The number of halogens is 2. The van der Waals surface area contributed by atoms with E-state index in [0.717, 1.165) is 29.8 Å². The molecule has 132 valence electrons. The second-order valence-corrected chi connectivity index (χ2v) is 6.59. The third-order valence-electron chi connectivity index (χ3n) is 5.00. The van der Waals surface area contributed by atoms with Crippen LogP contribution in [0.3, 0.4) is 0 Å². The van der Waals surface area contributed by atoms with Gasteiger partial charge in [-0.2, -0.15) is 13.9 Å². The lowest BCUT2D eigenvalue weighted by Gasteiger charge is -2.25. The van der Waals surface area contributed by atoms with Crippen LogP contribution in [0.5, 0.6) is 5.75 Å². The molecule has 0 unspecified atom stereocenters. The molecule has 0 spiro atoms. The third-order valence-corrected chi connectivity index (χ3v) is 5.00. The van der Waals surface area contributed by atoms with Gasteiger partial charge in [0, 0.05) is 17.9 Å². The van der Waals surface area contributed by atoms with Gasteiger partial charge in [-0.25, -0.2) is 4.68 Å². The molecule has 0 radical (unpaired) electrons. The molecule has 1 N–H and O–H groups in total. The van der Waals surface area contributed by atoms with Crippen molar-refractivity contribution in [3.63, 3.8) is 0 Å². The van der Waals surface area contributed by atoms with E-state index in [1.165, 1.54) is 18.9 Å². The van der Waals surface area contributed by atoms with Gasteiger partial charge in [-0.15, -0.1) is 0 Å². The Balaban J connectivity index is 1.69. The highest BCUT2D eigenvalue weighted by atomic mass is 19.3. The molecule has 0 bridgehead atoms. The molecule has 1 aromatic heterocycles. The van der Waals surface area contributed by atoms with Gasteiger partial charge in [0.15, 0.2) is 0 Å². The smallest absolute Gasteiger partial charge is 0.387 e. The number of carbonyl (C=O) groups is 1. The highest BCUT2D eigenvalue weighted by Gasteiger charge is 2.32. The number of carbonyl (C=O) groups excluding carboxylic acids is 1. The molecule has 4 rings (SSSR count). The summed E-state index contributed by atoms with van der Waals surface area (Å²) in [5.74, 6) is 0.550. The molecule has 5 nitrogen and oxygen atoms in total. The number of amides is 1. The van der Waals surface area contributed by atoms with Crippen LogP contribution in [0.15, 0.2) is 30.5 Å². The molecule has 7 heteroatoms. The molecule has 2 aromatic rings. The predicted octanol–water partition coefficient (Wildman–Crippen LogP) is 4.07. The molecular weight excluding hydrogens is 328 g/mol. The van der Waals surface area contributed by atoms with E-state index in [9.17, 15) is 13.6 Å². The first-order valence-corrected chi connectivity index (χ1v) is 8.54. The van der Waals surface area contributed by atoms with Gasteiger partial charge >= 0.3 is 6.61 Å². The Bertz CT molecular complexity index is 784. The lowest BCUT2D eigenvalue weighted by molar-refractivity contribution is -0.116. The van der Waals surface area contributed by atoms with Crippen LogP contribution in [-0.4, -0.2) is 22.3 Å².